The molecule has 0 aliphatic carbocycles. The fourth-order valence-corrected chi connectivity index (χ4v) is 2.67. The number of esters is 1. The van der Waals surface area contributed by atoms with E-state index in [-0.39, 0.29) is 12.7 Å². The number of ether oxygens (including phenoxy) is 3. The summed E-state index contributed by atoms with van der Waals surface area (Å²) in [6.07, 6.45) is 0.819. The second-order valence-electron chi connectivity index (χ2n) is 5.76. The summed E-state index contributed by atoms with van der Waals surface area (Å²) in [6.45, 7) is 6.61. The summed E-state index contributed by atoms with van der Waals surface area (Å²) in [7, 11) is 0. The first-order valence-corrected chi connectivity index (χ1v) is 9.37. The van der Waals surface area contributed by atoms with Gasteiger partial charge in [-0.1, -0.05) is 41.7 Å². The van der Waals surface area contributed by atoms with Gasteiger partial charge in [0.15, 0.2) is 6.10 Å². The maximum Gasteiger partial charge on any atom is 0.347 e. The van der Waals surface area contributed by atoms with Crippen LogP contribution in [0.25, 0.3) is 0 Å². The largest absolute Gasteiger partial charge is 0.478 e. The van der Waals surface area contributed by atoms with Crippen molar-refractivity contribution in [3.63, 3.8) is 0 Å². The predicted octanol–water partition coefficient (Wildman–Crippen LogP) is 4.24. The molecule has 2 rings (SSSR count). The second kappa shape index (κ2) is 10.00. The van der Waals surface area contributed by atoms with Gasteiger partial charge in [-0.25, -0.2) is 4.79 Å². The Bertz CT molecular complexity index is 665. The number of nitrogens with zero attached hydrogens (tertiary/aromatic N) is 1. The smallest absolute Gasteiger partial charge is 0.347 e. The van der Waals surface area contributed by atoms with Crippen LogP contribution in [0.2, 0.25) is 10.0 Å². The standard InChI is InChI=1S/C18H23Cl2NO5/c1-4-6-7-24-16-10-25-21-17(16)12-8-13(19)14(20)9-15(12)26-11(3)18(22)23-5-2/h8-9,11,16H,4-7,10H2,1-3H3/t11-,16?/m0/s1. The molecule has 0 aromatic heterocycles. The number of halogens is 2. The minimum absolute atomic E-state index is 0.272. The lowest BCUT2D eigenvalue weighted by molar-refractivity contribution is -0.150. The van der Waals surface area contributed by atoms with Crippen LogP contribution in [-0.4, -0.2) is 43.7 Å². The molecule has 1 heterocycles. The molecule has 1 aromatic rings. The van der Waals surface area contributed by atoms with Crippen molar-refractivity contribution in [2.24, 2.45) is 5.16 Å². The number of benzene rings is 1. The van der Waals surface area contributed by atoms with Gasteiger partial charge in [0.1, 0.15) is 24.2 Å². The van der Waals surface area contributed by atoms with Crippen molar-refractivity contribution in [1.82, 2.24) is 0 Å². The van der Waals surface area contributed by atoms with Crippen LogP contribution in [0.3, 0.4) is 0 Å². The topological polar surface area (TPSA) is 66.3 Å². The first kappa shape index (κ1) is 20.8. The summed E-state index contributed by atoms with van der Waals surface area (Å²) >= 11 is 12.3. The highest BCUT2D eigenvalue weighted by Crippen LogP contribution is 2.33. The molecule has 0 spiro atoms. The van der Waals surface area contributed by atoms with E-state index in [1.807, 2.05) is 0 Å². The average molecular weight is 404 g/mol. The van der Waals surface area contributed by atoms with E-state index in [9.17, 15) is 4.79 Å². The van der Waals surface area contributed by atoms with E-state index in [1.54, 1.807) is 26.0 Å². The van der Waals surface area contributed by atoms with E-state index in [1.165, 1.54) is 0 Å². The van der Waals surface area contributed by atoms with Gasteiger partial charge < -0.3 is 19.0 Å². The number of unbranched alkanes of at least 4 members (excludes halogenated alkanes) is 1. The Morgan fingerprint density at radius 3 is 2.77 bits per heavy atom. The van der Waals surface area contributed by atoms with E-state index in [0.717, 1.165) is 12.8 Å². The molecule has 8 heteroatoms. The lowest BCUT2D eigenvalue weighted by atomic mass is 10.0. The maximum atomic E-state index is 11.9. The van der Waals surface area contributed by atoms with Gasteiger partial charge in [-0.15, -0.1) is 0 Å². The number of hydrogen-bond donors (Lipinski definition) is 0. The van der Waals surface area contributed by atoms with Gasteiger partial charge in [-0.2, -0.15) is 0 Å². The van der Waals surface area contributed by atoms with Crippen molar-refractivity contribution in [3.05, 3.63) is 27.7 Å². The Hall–Kier alpha value is -1.50. The molecule has 1 aromatic carbocycles. The van der Waals surface area contributed by atoms with Gasteiger partial charge in [-0.3, -0.25) is 0 Å². The predicted molar refractivity (Wildman–Crippen MR) is 100 cm³/mol. The van der Waals surface area contributed by atoms with Crippen LogP contribution in [0.1, 0.15) is 39.2 Å². The monoisotopic (exact) mass is 403 g/mol. The van der Waals surface area contributed by atoms with Crippen LogP contribution in [0, 0.1) is 0 Å². The molecular formula is C18H23Cl2NO5. The van der Waals surface area contributed by atoms with E-state index >= 15 is 0 Å². The normalized spacial score (nSPS) is 17.4. The fourth-order valence-electron chi connectivity index (χ4n) is 2.36. The molecule has 0 N–H and O–H groups in total. The van der Waals surface area contributed by atoms with Crippen molar-refractivity contribution < 1.29 is 23.8 Å². The van der Waals surface area contributed by atoms with Crippen molar-refractivity contribution in [2.45, 2.75) is 45.8 Å². The van der Waals surface area contributed by atoms with Crippen LogP contribution >= 0.6 is 23.2 Å². The van der Waals surface area contributed by atoms with E-state index < -0.39 is 12.1 Å². The van der Waals surface area contributed by atoms with Crippen LogP contribution in [0.4, 0.5) is 0 Å². The van der Waals surface area contributed by atoms with E-state index in [4.69, 9.17) is 42.3 Å². The van der Waals surface area contributed by atoms with Gasteiger partial charge in [0.05, 0.1) is 16.7 Å². The van der Waals surface area contributed by atoms with Crippen molar-refractivity contribution in [2.75, 3.05) is 19.8 Å². The fraction of sp³-hybridized carbons (Fsp3) is 0.556. The number of carbonyl (C=O) groups is 1. The highest BCUT2D eigenvalue weighted by Gasteiger charge is 2.30. The summed E-state index contributed by atoms with van der Waals surface area (Å²) in [5.74, 6) is -0.0989. The van der Waals surface area contributed by atoms with Crippen LogP contribution < -0.4 is 4.74 Å². The molecule has 1 aliphatic heterocycles. The Balaban J connectivity index is 2.26. The number of carbonyl (C=O) groups excluding carboxylic acids is 1. The molecule has 0 saturated carbocycles. The van der Waals surface area contributed by atoms with Crippen molar-refractivity contribution in [3.8, 4) is 5.75 Å². The summed E-state index contributed by atoms with van der Waals surface area (Å²) in [5, 5.41) is 4.74. The molecular weight excluding hydrogens is 381 g/mol. The van der Waals surface area contributed by atoms with Crippen molar-refractivity contribution >= 4 is 34.9 Å². The van der Waals surface area contributed by atoms with Crippen molar-refractivity contribution in [1.29, 1.82) is 0 Å². The molecule has 2 atom stereocenters. The zero-order valence-electron chi connectivity index (χ0n) is 15.1. The SMILES string of the molecule is CCCCOC1CON=C1c1cc(Cl)c(Cl)cc1O[C@@H](C)C(=O)OCC. The molecule has 0 bridgehead atoms. The first-order valence-electron chi connectivity index (χ1n) is 8.62. The van der Waals surface area contributed by atoms with Crippen LogP contribution in [0.15, 0.2) is 17.3 Å². The summed E-state index contributed by atoms with van der Waals surface area (Å²) in [6, 6.07) is 3.19. The van der Waals surface area contributed by atoms with Gasteiger partial charge in [0, 0.05) is 18.2 Å². The quantitative estimate of drug-likeness (QED) is 0.455. The highest BCUT2D eigenvalue weighted by atomic mass is 35.5. The molecule has 0 saturated heterocycles. The molecule has 26 heavy (non-hydrogen) atoms. The third kappa shape index (κ3) is 5.25. The molecule has 0 radical (unpaired) electrons. The molecule has 6 nitrogen and oxygen atoms in total. The molecule has 0 amide bonds. The Morgan fingerprint density at radius 1 is 1.35 bits per heavy atom. The first-order chi connectivity index (χ1) is 12.5. The Morgan fingerprint density at radius 2 is 2.08 bits per heavy atom. The number of oxime groups is 1. The minimum Gasteiger partial charge on any atom is -0.478 e. The van der Waals surface area contributed by atoms with E-state index in [0.29, 0.717) is 40.3 Å². The molecule has 144 valence electrons. The molecule has 1 aliphatic rings. The Labute approximate surface area is 163 Å². The number of hydrogen-bond acceptors (Lipinski definition) is 6. The second-order valence-corrected chi connectivity index (χ2v) is 6.57. The third-order valence-electron chi connectivity index (χ3n) is 3.73. The minimum atomic E-state index is -0.812. The summed E-state index contributed by atoms with van der Waals surface area (Å²) in [4.78, 5) is 17.1. The zero-order valence-corrected chi connectivity index (χ0v) is 16.6. The average Bonchev–Trinajstić information content (AvgIpc) is 3.06. The zero-order chi connectivity index (χ0) is 19.1. The number of rotatable bonds is 9. The summed E-state index contributed by atoms with van der Waals surface area (Å²) in [5.41, 5.74) is 1.14. The molecule has 0 fully saturated rings. The van der Waals surface area contributed by atoms with Gasteiger partial charge in [0.25, 0.3) is 0 Å². The van der Waals surface area contributed by atoms with Gasteiger partial charge >= 0.3 is 5.97 Å². The Kier molecular flexibility index (Phi) is 8.00. The maximum absolute atomic E-state index is 11.9. The van der Waals surface area contributed by atoms with Crippen LogP contribution in [-0.2, 0) is 19.1 Å². The van der Waals surface area contributed by atoms with Crippen LogP contribution in [0.5, 0.6) is 5.75 Å². The lowest BCUT2D eigenvalue weighted by Crippen LogP contribution is -2.29. The van der Waals surface area contributed by atoms with Gasteiger partial charge in [0.2, 0.25) is 0 Å². The highest BCUT2D eigenvalue weighted by molar-refractivity contribution is 6.42. The van der Waals surface area contributed by atoms with E-state index in [2.05, 4.69) is 12.1 Å². The third-order valence-corrected chi connectivity index (χ3v) is 4.45. The lowest BCUT2D eigenvalue weighted by Gasteiger charge is -2.19. The molecule has 1 unspecified atom stereocenters. The van der Waals surface area contributed by atoms with Gasteiger partial charge in [-0.05, 0) is 26.3 Å². The summed E-state index contributed by atoms with van der Waals surface area (Å²) < 4.78 is 16.6.